The summed E-state index contributed by atoms with van der Waals surface area (Å²) in [5.74, 6) is 0.574. The van der Waals surface area contributed by atoms with Crippen LogP contribution in [0.5, 0.6) is 0 Å². The first-order valence-corrected chi connectivity index (χ1v) is 9.31. The summed E-state index contributed by atoms with van der Waals surface area (Å²) in [7, 11) is -1.07. The zero-order valence-electron chi connectivity index (χ0n) is 14.6. The van der Waals surface area contributed by atoms with Gasteiger partial charge >= 0.3 is 7.32 Å². The highest BCUT2D eigenvalue weighted by atomic mass is 16.7. The number of carbonyl (C=O) groups is 1. The Morgan fingerprint density at radius 1 is 1.09 bits per heavy atom. The summed E-state index contributed by atoms with van der Waals surface area (Å²) in [4.78, 5) is 12.0. The summed E-state index contributed by atoms with van der Waals surface area (Å²) >= 11 is 0. The van der Waals surface area contributed by atoms with Crippen LogP contribution in [0.25, 0.3) is 0 Å². The Bertz CT molecular complexity index is 367. The van der Waals surface area contributed by atoms with Crippen LogP contribution in [0.4, 0.5) is 0 Å². The van der Waals surface area contributed by atoms with E-state index in [0.29, 0.717) is 12.3 Å². The molecule has 0 aromatic heterocycles. The zero-order chi connectivity index (χ0) is 16.7. The van der Waals surface area contributed by atoms with Crippen LogP contribution in [0, 0.1) is 5.92 Å². The largest absolute Gasteiger partial charge is 0.637 e. The molecule has 0 radical (unpaired) electrons. The van der Waals surface area contributed by atoms with E-state index in [1.54, 1.807) is 0 Å². The van der Waals surface area contributed by atoms with Crippen molar-refractivity contribution in [2.24, 2.45) is 5.92 Å². The van der Waals surface area contributed by atoms with E-state index in [1.807, 2.05) is 0 Å². The standard InChI is InChI=1S/C17H32BNO4/c1-13(2)11-17(20)19-14-7-4-3-5-9-15-12-16(10-6-8-14)23-18(21)22-15/h13-16,21H,3-12H2,1-2H3,(H,19,20). The van der Waals surface area contributed by atoms with Crippen molar-refractivity contribution in [3.8, 4) is 0 Å². The molecule has 1 aliphatic carbocycles. The van der Waals surface area contributed by atoms with Crippen molar-refractivity contribution in [3.05, 3.63) is 0 Å². The lowest BCUT2D eigenvalue weighted by Crippen LogP contribution is -2.42. The first-order valence-electron chi connectivity index (χ1n) is 9.31. The second-order valence-corrected chi connectivity index (χ2v) is 7.49. The molecule has 2 bridgehead atoms. The van der Waals surface area contributed by atoms with Gasteiger partial charge in [-0.3, -0.25) is 4.79 Å². The average Bonchev–Trinajstić information content (AvgIpc) is 2.44. The molecule has 3 atom stereocenters. The maximum absolute atomic E-state index is 12.0. The lowest BCUT2D eigenvalue weighted by atomic mass is 9.92. The molecule has 1 saturated carbocycles. The summed E-state index contributed by atoms with van der Waals surface area (Å²) in [6.07, 6.45) is 10.1. The molecule has 2 rings (SSSR count). The van der Waals surface area contributed by atoms with E-state index in [-0.39, 0.29) is 24.2 Å². The van der Waals surface area contributed by atoms with Crippen LogP contribution in [-0.4, -0.2) is 36.5 Å². The van der Waals surface area contributed by atoms with Crippen LogP contribution >= 0.6 is 0 Å². The Morgan fingerprint density at radius 2 is 1.70 bits per heavy atom. The molecule has 6 heteroatoms. The van der Waals surface area contributed by atoms with Gasteiger partial charge in [-0.15, -0.1) is 0 Å². The fourth-order valence-corrected chi connectivity index (χ4v) is 3.61. The minimum atomic E-state index is -1.07. The Labute approximate surface area is 140 Å². The van der Waals surface area contributed by atoms with Gasteiger partial charge in [0.05, 0.1) is 0 Å². The smallest absolute Gasteiger partial charge is 0.402 e. The molecule has 132 valence electrons. The SMILES string of the molecule is CC(C)CC(=O)NC1CCCCCC2CC(CCC1)OB(O)O2. The van der Waals surface area contributed by atoms with E-state index < -0.39 is 7.32 Å². The van der Waals surface area contributed by atoms with Crippen molar-refractivity contribution >= 4 is 13.2 Å². The number of fused-ring (bicyclic) bond motifs is 2. The van der Waals surface area contributed by atoms with Crippen molar-refractivity contribution < 1.29 is 19.1 Å². The fourth-order valence-electron chi connectivity index (χ4n) is 3.61. The molecular weight excluding hydrogens is 293 g/mol. The van der Waals surface area contributed by atoms with Gasteiger partial charge in [-0.2, -0.15) is 0 Å². The monoisotopic (exact) mass is 325 g/mol. The van der Waals surface area contributed by atoms with Gasteiger partial charge in [0.25, 0.3) is 0 Å². The Balaban J connectivity index is 1.83. The van der Waals surface area contributed by atoms with Gasteiger partial charge in [0, 0.05) is 24.7 Å². The number of carbonyl (C=O) groups excluding carboxylic acids is 1. The predicted octanol–water partition coefficient (Wildman–Crippen LogP) is 2.80. The lowest BCUT2D eigenvalue weighted by molar-refractivity contribution is -0.122. The zero-order valence-corrected chi connectivity index (χ0v) is 14.6. The van der Waals surface area contributed by atoms with E-state index in [4.69, 9.17) is 9.31 Å². The third-order valence-corrected chi connectivity index (χ3v) is 4.76. The fraction of sp³-hybridized carbons (Fsp3) is 0.941. The Kier molecular flexibility index (Phi) is 7.86. The van der Waals surface area contributed by atoms with Gasteiger partial charge in [-0.05, 0) is 44.4 Å². The van der Waals surface area contributed by atoms with Gasteiger partial charge in [0.1, 0.15) is 0 Å². The molecule has 0 spiro atoms. The molecule has 1 aliphatic heterocycles. The second kappa shape index (κ2) is 9.65. The summed E-state index contributed by atoms with van der Waals surface area (Å²) in [5.41, 5.74) is 0. The second-order valence-electron chi connectivity index (χ2n) is 7.49. The van der Waals surface area contributed by atoms with Crippen LogP contribution in [0.1, 0.15) is 78.1 Å². The Morgan fingerprint density at radius 3 is 2.39 bits per heavy atom. The molecule has 5 nitrogen and oxygen atoms in total. The van der Waals surface area contributed by atoms with Gasteiger partial charge < -0.3 is 19.6 Å². The maximum Gasteiger partial charge on any atom is 0.637 e. The normalized spacial score (nSPS) is 30.4. The quantitative estimate of drug-likeness (QED) is 0.783. The molecule has 0 aromatic rings. The van der Waals surface area contributed by atoms with Crippen molar-refractivity contribution in [2.75, 3.05) is 0 Å². The highest BCUT2D eigenvalue weighted by molar-refractivity contribution is 6.34. The molecule has 1 amide bonds. The minimum absolute atomic E-state index is 0.0789. The minimum Gasteiger partial charge on any atom is -0.402 e. The molecule has 23 heavy (non-hydrogen) atoms. The van der Waals surface area contributed by atoms with E-state index in [2.05, 4.69) is 19.2 Å². The van der Waals surface area contributed by atoms with E-state index in [9.17, 15) is 9.82 Å². The molecule has 0 aromatic carbocycles. The average molecular weight is 325 g/mol. The van der Waals surface area contributed by atoms with Crippen LogP contribution in [0.2, 0.25) is 0 Å². The number of hydrogen-bond donors (Lipinski definition) is 2. The molecular formula is C17H32BNO4. The first kappa shape index (κ1) is 18.7. The van der Waals surface area contributed by atoms with Crippen LogP contribution in [0.15, 0.2) is 0 Å². The molecule has 2 aliphatic rings. The van der Waals surface area contributed by atoms with E-state index >= 15 is 0 Å². The van der Waals surface area contributed by atoms with Crippen molar-refractivity contribution in [3.63, 3.8) is 0 Å². The van der Waals surface area contributed by atoms with Crippen LogP contribution in [-0.2, 0) is 14.1 Å². The van der Waals surface area contributed by atoms with E-state index in [1.165, 1.54) is 0 Å². The molecule has 1 heterocycles. The third-order valence-electron chi connectivity index (χ3n) is 4.76. The van der Waals surface area contributed by atoms with Crippen LogP contribution < -0.4 is 5.32 Å². The van der Waals surface area contributed by atoms with Crippen LogP contribution in [0.3, 0.4) is 0 Å². The number of nitrogens with one attached hydrogen (secondary N) is 1. The summed E-state index contributed by atoms with van der Waals surface area (Å²) in [6, 6.07) is 0.279. The maximum atomic E-state index is 12.0. The van der Waals surface area contributed by atoms with Crippen molar-refractivity contribution in [1.29, 1.82) is 0 Å². The summed E-state index contributed by atoms with van der Waals surface area (Å²) < 4.78 is 10.9. The van der Waals surface area contributed by atoms with Gasteiger partial charge in [0.15, 0.2) is 0 Å². The molecule has 1 saturated heterocycles. The molecule has 2 N–H and O–H groups in total. The Hall–Kier alpha value is -0.585. The van der Waals surface area contributed by atoms with Gasteiger partial charge in [-0.25, -0.2) is 0 Å². The number of rotatable bonds is 3. The topological polar surface area (TPSA) is 67.8 Å². The van der Waals surface area contributed by atoms with Crippen molar-refractivity contribution in [2.45, 2.75) is 96.3 Å². The third kappa shape index (κ3) is 7.23. The predicted molar refractivity (Wildman–Crippen MR) is 90.7 cm³/mol. The highest BCUT2D eigenvalue weighted by Gasteiger charge is 2.33. The molecule has 2 fully saturated rings. The summed E-state index contributed by atoms with van der Waals surface area (Å²) in [6.45, 7) is 4.15. The van der Waals surface area contributed by atoms with Crippen molar-refractivity contribution in [1.82, 2.24) is 5.32 Å². The van der Waals surface area contributed by atoms with Gasteiger partial charge in [0.2, 0.25) is 5.91 Å². The number of hydrogen-bond acceptors (Lipinski definition) is 4. The first-order chi connectivity index (χ1) is 11.0. The highest BCUT2D eigenvalue weighted by Crippen LogP contribution is 2.25. The lowest BCUT2D eigenvalue weighted by Gasteiger charge is -2.32. The number of amides is 1. The van der Waals surface area contributed by atoms with E-state index in [0.717, 1.165) is 57.8 Å². The van der Waals surface area contributed by atoms with Gasteiger partial charge in [-0.1, -0.05) is 33.1 Å². The molecule has 3 unspecified atom stereocenters. The summed E-state index contributed by atoms with van der Waals surface area (Å²) in [5, 5.41) is 12.9.